The third-order valence-electron chi connectivity index (χ3n) is 4.83. The molecule has 0 aromatic heterocycles. The van der Waals surface area contributed by atoms with Crippen molar-refractivity contribution < 1.29 is 18.7 Å². The molecule has 0 saturated carbocycles. The lowest BCUT2D eigenvalue weighted by Crippen LogP contribution is -2.50. The zero-order valence-electron chi connectivity index (χ0n) is 17.4. The number of rotatable bonds is 9. The van der Waals surface area contributed by atoms with Crippen LogP contribution in [0.2, 0.25) is 0 Å². The van der Waals surface area contributed by atoms with Crippen molar-refractivity contribution in [2.75, 3.05) is 6.61 Å². The number of aryl methyl sites for hydroxylation is 1. The predicted octanol–water partition coefficient (Wildman–Crippen LogP) is 3.84. The largest absolute Gasteiger partial charge is 0.481 e. The highest BCUT2D eigenvalue weighted by molar-refractivity contribution is 5.88. The average Bonchev–Trinajstić information content (AvgIpc) is 2.71. The fourth-order valence-electron chi connectivity index (χ4n) is 2.72. The molecule has 5 nitrogen and oxygen atoms in total. The number of halogens is 1. The predicted molar refractivity (Wildman–Crippen MR) is 111 cm³/mol. The molecule has 2 rings (SSSR count). The SMILES string of the molecule is CC[C@H](C)NC(=O)[C@@H](C)N(Cc1ccc(C)cc1)C(=O)COc1ccccc1F. The van der Waals surface area contributed by atoms with Crippen LogP contribution in [0.15, 0.2) is 48.5 Å². The molecule has 0 aliphatic rings. The van der Waals surface area contributed by atoms with E-state index < -0.39 is 11.9 Å². The fraction of sp³-hybridized carbons (Fsp3) is 0.391. The van der Waals surface area contributed by atoms with Gasteiger partial charge in [0.1, 0.15) is 6.04 Å². The number of para-hydroxylation sites is 1. The number of nitrogens with zero attached hydrogens (tertiary/aromatic N) is 1. The van der Waals surface area contributed by atoms with Crippen molar-refractivity contribution in [2.24, 2.45) is 0 Å². The van der Waals surface area contributed by atoms with E-state index in [1.807, 2.05) is 45.0 Å². The van der Waals surface area contributed by atoms with Crippen molar-refractivity contribution in [1.29, 1.82) is 0 Å². The Labute approximate surface area is 171 Å². The minimum Gasteiger partial charge on any atom is -0.481 e. The van der Waals surface area contributed by atoms with Crippen molar-refractivity contribution in [3.8, 4) is 5.75 Å². The van der Waals surface area contributed by atoms with Gasteiger partial charge in [0.15, 0.2) is 18.2 Å². The molecule has 1 N–H and O–H groups in total. The molecule has 156 valence electrons. The van der Waals surface area contributed by atoms with Gasteiger partial charge in [-0.1, -0.05) is 48.9 Å². The highest BCUT2D eigenvalue weighted by atomic mass is 19.1. The first kappa shape index (κ1) is 22.4. The van der Waals surface area contributed by atoms with E-state index in [2.05, 4.69) is 5.32 Å². The second-order valence-corrected chi connectivity index (χ2v) is 7.22. The van der Waals surface area contributed by atoms with Crippen LogP contribution in [0.4, 0.5) is 4.39 Å². The number of amides is 2. The second-order valence-electron chi connectivity index (χ2n) is 7.22. The Morgan fingerprint density at radius 1 is 1.10 bits per heavy atom. The van der Waals surface area contributed by atoms with Gasteiger partial charge in [0.05, 0.1) is 0 Å². The molecule has 0 unspecified atom stereocenters. The van der Waals surface area contributed by atoms with E-state index in [9.17, 15) is 14.0 Å². The van der Waals surface area contributed by atoms with Gasteiger partial charge in [-0.05, 0) is 44.9 Å². The maximum atomic E-state index is 13.8. The molecule has 2 aromatic carbocycles. The summed E-state index contributed by atoms with van der Waals surface area (Å²) in [7, 11) is 0. The van der Waals surface area contributed by atoms with E-state index in [1.165, 1.54) is 17.0 Å². The third kappa shape index (κ3) is 6.59. The highest BCUT2D eigenvalue weighted by Gasteiger charge is 2.27. The highest BCUT2D eigenvalue weighted by Crippen LogP contribution is 2.16. The van der Waals surface area contributed by atoms with Gasteiger partial charge < -0.3 is 15.0 Å². The number of carbonyl (C=O) groups is 2. The van der Waals surface area contributed by atoms with E-state index in [-0.39, 0.29) is 36.8 Å². The Hall–Kier alpha value is -2.89. The number of ether oxygens (including phenoxy) is 1. The molecule has 2 aromatic rings. The van der Waals surface area contributed by atoms with Crippen molar-refractivity contribution in [1.82, 2.24) is 10.2 Å². The van der Waals surface area contributed by atoms with Crippen LogP contribution in [-0.4, -0.2) is 35.4 Å². The van der Waals surface area contributed by atoms with E-state index in [0.29, 0.717) is 0 Å². The fourth-order valence-corrected chi connectivity index (χ4v) is 2.72. The molecule has 0 aliphatic heterocycles. The normalized spacial score (nSPS) is 12.7. The summed E-state index contributed by atoms with van der Waals surface area (Å²) in [6.07, 6.45) is 0.792. The van der Waals surface area contributed by atoms with E-state index in [0.717, 1.165) is 17.5 Å². The Bertz CT molecular complexity index is 823. The van der Waals surface area contributed by atoms with Gasteiger partial charge >= 0.3 is 0 Å². The van der Waals surface area contributed by atoms with Gasteiger partial charge in [-0.25, -0.2) is 4.39 Å². The summed E-state index contributed by atoms with van der Waals surface area (Å²) in [6, 6.07) is 13.0. The number of hydrogen-bond acceptors (Lipinski definition) is 3. The van der Waals surface area contributed by atoms with Crippen LogP contribution in [0.3, 0.4) is 0 Å². The molecule has 0 saturated heterocycles. The van der Waals surface area contributed by atoms with Crippen molar-refractivity contribution in [3.63, 3.8) is 0 Å². The Balaban J connectivity index is 2.15. The van der Waals surface area contributed by atoms with Crippen LogP contribution >= 0.6 is 0 Å². The molecule has 2 amide bonds. The number of benzene rings is 2. The standard InChI is InChI=1S/C23H29FN2O3/c1-5-17(3)25-23(28)18(4)26(14-19-12-10-16(2)11-13-19)22(27)15-29-21-9-7-6-8-20(21)24/h6-13,17-18H,5,14-15H2,1-4H3,(H,25,28)/t17-,18+/m0/s1. The van der Waals surface area contributed by atoms with Crippen LogP contribution in [-0.2, 0) is 16.1 Å². The summed E-state index contributed by atoms with van der Waals surface area (Å²) in [5.41, 5.74) is 2.01. The van der Waals surface area contributed by atoms with Crippen LogP contribution in [0.1, 0.15) is 38.3 Å². The Kier molecular flexibility index (Phi) is 8.19. The van der Waals surface area contributed by atoms with Gasteiger partial charge in [0.25, 0.3) is 5.91 Å². The molecular formula is C23H29FN2O3. The van der Waals surface area contributed by atoms with E-state index in [1.54, 1.807) is 19.1 Å². The molecule has 2 atom stereocenters. The molecule has 0 spiro atoms. The molecule has 0 aliphatic carbocycles. The van der Waals surface area contributed by atoms with Crippen molar-refractivity contribution in [2.45, 2.75) is 52.7 Å². The molecule has 0 radical (unpaired) electrons. The second kappa shape index (κ2) is 10.6. The summed E-state index contributed by atoms with van der Waals surface area (Å²) in [6.45, 7) is 7.47. The van der Waals surface area contributed by atoms with Gasteiger partial charge in [-0.2, -0.15) is 0 Å². The van der Waals surface area contributed by atoms with Crippen LogP contribution in [0.5, 0.6) is 5.75 Å². The summed E-state index contributed by atoms with van der Waals surface area (Å²) >= 11 is 0. The zero-order chi connectivity index (χ0) is 21.4. The monoisotopic (exact) mass is 400 g/mol. The lowest BCUT2D eigenvalue weighted by molar-refractivity contribution is -0.142. The molecule has 0 heterocycles. The summed E-state index contributed by atoms with van der Waals surface area (Å²) in [5, 5.41) is 2.91. The maximum Gasteiger partial charge on any atom is 0.261 e. The first-order valence-corrected chi connectivity index (χ1v) is 9.84. The van der Waals surface area contributed by atoms with E-state index >= 15 is 0 Å². The van der Waals surface area contributed by atoms with E-state index in [4.69, 9.17) is 4.74 Å². The topological polar surface area (TPSA) is 58.6 Å². The zero-order valence-corrected chi connectivity index (χ0v) is 17.4. The number of hydrogen-bond donors (Lipinski definition) is 1. The van der Waals surface area contributed by atoms with Crippen LogP contribution < -0.4 is 10.1 Å². The van der Waals surface area contributed by atoms with Gasteiger partial charge in [0, 0.05) is 12.6 Å². The summed E-state index contributed by atoms with van der Waals surface area (Å²) in [4.78, 5) is 27.0. The lowest BCUT2D eigenvalue weighted by Gasteiger charge is -2.29. The average molecular weight is 400 g/mol. The molecular weight excluding hydrogens is 371 g/mol. The van der Waals surface area contributed by atoms with Crippen LogP contribution in [0.25, 0.3) is 0 Å². The van der Waals surface area contributed by atoms with Gasteiger partial charge in [-0.15, -0.1) is 0 Å². The Morgan fingerprint density at radius 3 is 2.38 bits per heavy atom. The first-order valence-electron chi connectivity index (χ1n) is 9.84. The third-order valence-corrected chi connectivity index (χ3v) is 4.83. The molecule has 0 fully saturated rings. The molecule has 29 heavy (non-hydrogen) atoms. The molecule has 0 bridgehead atoms. The molecule has 6 heteroatoms. The number of nitrogens with one attached hydrogen (secondary N) is 1. The van der Waals surface area contributed by atoms with Crippen molar-refractivity contribution >= 4 is 11.8 Å². The van der Waals surface area contributed by atoms with Crippen molar-refractivity contribution in [3.05, 3.63) is 65.5 Å². The van der Waals surface area contributed by atoms with Gasteiger partial charge in [0.2, 0.25) is 5.91 Å². The smallest absolute Gasteiger partial charge is 0.261 e. The number of carbonyl (C=O) groups excluding carboxylic acids is 2. The van der Waals surface area contributed by atoms with Gasteiger partial charge in [-0.3, -0.25) is 9.59 Å². The van der Waals surface area contributed by atoms with Crippen LogP contribution in [0, 0.1) is 12.7 Å². The quantitative estimate of drug-likeness (QED) is 0.696. The summed E-state index contributed by atoms with van der Waals surface area (Å²) in [5.74, 6) is -1.15. The first-order chi connectivity index (χ1) is 13.8. The lowest BCUT2D eigenvalue weighted by atomic mass is 10.1. The maximum absolute atomic E-state index is 13.8. The minimum absolute atomic E-state index is 0.00726. The minimum atomic E-state index is -0.693. The Morgan fingerprint density at radius 2 is 1.76 bits per heavy atom. The summed E-state index contributed by atoms with van der Waals surface area (Å²) < 4.78 is 19.2.